The molecule has 0 saturated carbocycles. The second-order valence-corrected chi connectivity index (χ2v) is 11.0. The molecule has 1 aromatic carbocycles. The zero-order chi connectivity index (χ0) is 28.4. The first kappa shape index (κ1) is 29.8. The predicted octanol–water partition coefficient (Wildman–Crippen LogP) is 3.21. The maximum Gasteiger partial charge on any atom is 0.288 e. The number of allylic oxidation sites excluding steroid dienone is 1. The van der Waals surface area contributed by atoms with Gasteiger partial charge in [0, 0.05) is 57.8 Å². The molecule has 5 rings (SSSR count). The van der Waals surface area contributed by atoms with Gasteiger partial charge in [-0.25, -0.2) is 0 Å². The van der Waals surface area contributed by atoms with Crippen molar-refractivity contribution in [3.05, 3.63) is 58.0 Å². The molecule has 0 aliphatic carbocycles. The molecule has 0 unspecified atom stereocenters. The number of aliphatic hydroxyl groups excluding tert-OH is 1. The van der Waals surface area contributed by atoms with E-state index in [2.05, 4.69) is 27.8 Å². The lowest BCUT2D eigenvalue weighted by Gasteiger charge is -2.39. The zero-order valence-electron chi connectivity index (χ0n) is 23.6. The number of rotatable bonds is 14. The minimum Gasteiger partial charge on any atom is -0.459 e. The number of amides is 1. The van der Waals surface area contributed by atoms with Crippen LogP contribution in [0.3, 0.4) is 0 Å². The van der Waals surface area contributed by atoms with E-state index < -0.39 is 6.29 Å². The van der Waals surface area contributed by atoms with Gasteiger partial charge in [-0.05, 0) is 59.5 Å². The van der Waals surface area contributed by atoms with Crippen molar-refractivity contribution in [3.8, 4) is 11.5 Å². The van der Waals surface area contributed by atoms with E-state index in [1.54, 1.807) is 11.3 Å². The molecule has 10 nitrogen and oxygen atoms in total. The third kappa shape index (κ3) is 7.79. The number of aliphatic hydroxyl groups is 1. The number of nitrogens with zero attached hydrogens (tertiary/aromatic N) is 2. The van der Waals surface area contributed by atoms with E-state index in [0.717, 1.165) is 36.7 Å². The SMILES string of the molecule is CCO[C@H]1OC(C(=O)N2CCN(Cc3ccc4c(c3)OCO4)CC2)=C[C@@H](c2ccsc2)[C@H]1CCOCCOCCO. The number of ether oxygens (including phenoxy) is 6. The van der Waals surface area contributed by atoms with Crippen LogP contribution in [0.4, 0.5) is 0 Å². The first-order valence-corrected chi connectivity index (χ1v) is 15.3. The molecular formula is C30H40N2O8S. The van der Waals surface area contributed by atoms with Crippen molar-refractivity contribution in [1.29, 1.82) is 0 Å². The summed E-state index contributed by atoms with van der Waals surface area (Å²) in [6, 6.07) is 8.16. The molecule has 41 heavy (non-hydrogen) atoms. The van der Waals surface area contributed by atoms with Gasteiger partial charge >= 0.3 is 0 Å². The van der Waals surface area contributed by atoms with Gasteiger partial charge in [0.05, 0.1) is 26.4 Å². The highest BCUT2D eigenvalue weighted by Gasteiger charge is 2.39. The number of carbonyl (C=O) groups excluding carboxylic acids is 1. The third-order valence-corrected chi connectivity index (χ3v) is 8.26. The van der Waals surface area contributed by atoms with Gasteiger partial charge in [0.2, 0.25) is 13.1 Å². The zero-order valence-corrected chi connectivity index (χ0v) is 24.4. The van der Waals surface area contributed by atoms with Gasteiger partial charge < -0.3 is 38.4 Å². The molecule has 2 aromatic rings. The predicted molar refractivity (Wildman–Crippen MR) is 153 cm³/mol. The van der Waals surface area contributed by atoms with Crippen LogP contribution in [-0.2, 0) is 30.3 Å². The molecule has 0 spiro atoms. The summed E-state index contributed by atoms with van der Waals surface area (Å²) in [5.74, 6) is 1.82. The highest BCUT2D eigenvalue weighted by atomic mass is 32.1. The van der Waals surface area contributed by atoms with E-state index in [9.17, 15) is 4.79 Å². The highest BCUT2D eigenvalue weighted by Crippen LogP contribution is 2.40. The van der Waals surface area contributed by atoms with Crippen molar-refractivity contribution in [3.63, 3.8) is 0 Å². The largest absolute Gasteiger partial charge is 0.459 e. The lowest BCUT2D eigenvalue weighted by Crippen LogP contribution is -2.50. The highest BCUT2D eigenvalue weighted by molar-refractivity contribution is 7.08. The summed E-state index contributed by atoms with van der Waals surface area (Å²) in [5.41, 5.74) is 2.32. The van der Waals surface area contributed by atoms with Crippen LogP contribution >= 0.6 is 11.3 Å². The fraction of sp³-hybridized carbons (Fsp3) is 0.567. The van der Waals surface area contributed by atoms with Gasteiger partial charge in [0.15, 0.2) is 17.3 Å². The molecule has 1 aromatic heterocycles. The Hall–Kier alpha value is -2.67. The number of thiophene rings is 1. The van der Waals surface area contributed by atoms with Gasteiger partial charge in [-0.2, -0.15) is 11.3 Å². The number of carbonyl (C=O) groups is 1. The molecule has 3 atom stereocenters. The van der Waals surface area contributed by atoms with Crippen LogP contribution in [0.2, 0.25) is 0 Å². The molecule has 224 valence electrons. The Morgan fingerprint density at radius 1 is 1.05 bits per heavy atom. The summed E-state index contributed by atoms with van der Waals surface area (Å²) in [5, 5.41) is 13.0. The average Bonchev–Trinajstić information content (AvgIpc) is 3.70. The van der Waals surface area contributed by atoms with Crippen LogP contribution < -0.4 is 9.47 Å². The van der Waals surface area contributed by atoms with Gasteiger partial charge in [-0.1, -0.05) is 6.07 Å². The Morgan fingerprint density at radius 2 is 1.85 bits per heavy atom. The molecule has 0 bridgehead atoms. The van der Waals surface area contributed by atoms with E-state index in [1.807, 2.05) is 30.0 Å². The van der Waals surface area contributed by atoms with Crippen molar-refractivity contribution >= 4 is 17.2 Å². The minimum absolute atomic E-state index is 0.00184. The van der Waals surface area contributed by atoms with Crippen LogP contribution in [0.5, 0.6) is 11.5 Å². The standard InChI is InChI=1S/C30H40N2O8S/c1-2-37-30-24(5-12-35-14-15-36-13-11-33)25(23-6-16-41-20-23)18-28(40-30)29(34)32-9-7-31(8-10-32)19-22-3-4-26-27(17-22)39-21-38-26/h3-4,6,16-18,20,24-25,30,33H,2,5,7-15,19,21H2,1H3/t24-,25+,30+/m1/s1. The first-order chi connectivity index (χ1) is 20.2. The quantitative estimate of drug-likeness (QED) is 0.334. The number of hydrogen-bond donors (Lipinski definition) is 1. The number of hydrogen-bond acceptors (Lipinski definition) is 10. The second-order valence-electron chi connectivity index (χ2n) is 10.2. The molecule has 4 heterocycles. The molecule has 0 radical (unpaired) electrons. The van der Waals surface area contributed by atoms with Crippen LogP contribution in [0.25, 0.3) is 0 Å². The van der Waals surface area contributed by atoms with E-state index in [-0.39, 0.29) is 31.1 Å². The molecule has 1 amide bonds. The van der Waals surface area contributed by atoms with Crippen LogP contribution in [0.15, 0.2) is 46.9 Å². The summed E-state index contributed by atoms with van der Waals surface area (Å²) in [4.78, 5) is 17.9. The fourth-order valence-electron chi connectivity index (χ4n) is 5.44. The van der Waals surface area contributed by atoms with E-state index in [4.69, 9.17) is 33.5 Å². The maximum atomic E-state index is 13.7. The lowest BCUT2D eigenvalue weighted by atomic mass is 9.82. The molecular weight excluding hydrogens is 548 g/mol. The molecule has 1 saturated heterocycles. The number of fused-ring (bicyclic) bond motifs is 1. The molecule has 11 heteroatoms. The van der Waals surface area contributed by atoms with Gasteiger partial charge in [0.25, 0.3) is 5.91 Å². The Morgan fingerprint density at radius 3 is 2.61 bits per heavy atom. The molecule has 3 aliphatic rings. The van der Waals surface area contributed by atoms with E-state index in [0.29, 0.717) is 58.3 Å². The number of piperazine rings is 1. The van der Waals surface area contributed by atoms with Crippen molar-refractivity contribution in [2.24, 2.45) is 5.92 Å². The summed E-state index contributed by atoms with van der Waals surface area (Å²) < 4.78 is 34.3. The monoisotopic (exact) mass is 588 g/mol. The van der Waals surface area contributed by atoms with E-state index >= 15 is 0 Å². The maximum absolute atomic E-state index is 13.7. The van der Waals surface area contributed by atoms with Crippen molar-refractivity contribution in [2.45, 2.75) is 32.1 Å². The molecule has 1 N–H and O–H groups in total. The Kier molecular flexibility index (Phi) is 10.9. The average molecular weight is 589 g/mol. The van der Waals surface area contributed by atoms with Crippen molar-refractivity contribution in [2.75, 3.05) is 72.6 Å². The summed E-state index contributed by atoms with van der Waals surface area (Å²) >= 11 is 1.64. The summed E-state index contributed by atoms with van der Waals surface area (Å²) in [7, 11) is 0. The molecule has 1 fully saturated rings. The normalized spacial score (nSPS) is 22.4. The summed E-state index contributed by atoms with van der Waals surface area (Å²) in [6.45, 7) is 8.01. The van der Waals surface area contributed by atoms with Crippen LogP contribution in [-0.4, -0.2) is 99.7 Å². The van der Waals surface area contributed by atoms with Gasteiger partial charge in [0.1, 0.15) is 0 Å². The van der Waals surface area contributed by atoms with Gasteiger partial charge in [-0.3, -0.25) is 9.69 Å². The fourth-order valence-corrected chi connectivity index (χ4v) is 6.15. The second kappa shape index (κ2) is 15.0. The topological polar surface area (TPSA) is 99.2 Å². The van der Waals surface area contributed by atoms with Gasteiger partial charge in [-0.15, -0.1) is 0 Å². The van der Waals surface area contributed by atoms with Crippen LogP contribution in [0, 0.1) is 5.92 Å². The van der Waals surface area contributed by atoms with Crippen molar-refractivity contribution in [1.82, 2.24) is 9.80 Å². The van der Waals surface area contributed by atoms with E-state index in [1.165, 1.54) is 5.56 Å². The van der Waals surface area contributed by atoms with Crippen LogP contribution in [0.1, 0.15) is 30.4 Å². The number of benzene rings is 1. The summed E-state index contributed by atoms with van der Waals surface area (Å²) in [6.07, 6.45) is 2.14. The lowest BCUT2D eigenvalue weighted by molar-refractivity contribution is -0.172. The third-order valence-electron chi connectivity index (χ3n) is 7.56. The Bertz CT molecular complexity index is 1140. The minimum atomic E-state index is -0.546. The Labute approximate surface area is 245 Å². The molecule has 3 aliphatic heterocycles. The smallest absolute Gasteiger partial charge is 0.288 e. The first-order valence-electron chi connectivity index (χ1n) is 14.3. The Balaban J connectivity index is 1.20. The van der Waals surface area contributed by atoms with Crippen molar-refractivity contribution < 1.29 is 38.3 Å².